The molecule has 2 heterocycles. The van der Waals surface area contributed by atoms with Gasteiger partial charge in [-0.3, -0.25) is 0 Å². The van der Waals surface area contributed by atoms with Crippen LogP contribution in [0.3, 0.4) is 0 Å². The van der Waals surface area contributed by atoms with Crippen molar-refractivity contribution in [3.63, 3.8) is 0 Å². The molecular formula is C11H14F2N6O2. The number of alkyl halides is 2. The van der Waals surface area contributed by atoms with Crippen LogP contribution >= 0.6 is 0 Å². The third-order valence-corrected chi connectivity index (χ3v) is 2.92. The largest absolute Gasteiger partial charge is 0.461 e. The van der Waals surface area contributed by atoms with Gasteiger partial charge >= 0.3 is 5.97 Å². The van der Waals surface area contributed by atoms with Gasteiger partial charge in [0, 0.05) is 7.05 Å². The minimum absolute atomic E-state index is 0.0661. The molecule has 0 saturated heterocycles. The van der Waals surface area contributed by atoms with E-state index < -0.39 is 23.8 Å². The fourth-order valence-electron chi connectivity index (χ4n) is 1.72. The van der Waals surface area contributed by atoms with Crippen molar-refractivity contribution >= 4 is 5.97 Å². The van der Waals surface area contributed by atoms with Gasteiger partial charge < -0.3 is 9.30 Å². The van der Waals surface area contributed by atoms with Crippen LogP contribution in [-0.2, 0) is 18.3 Å². The van der Waals surface area contributed by atoms with Crippen molar-refractivity contribution in [2.75, 3.05) is 6.61 Å². The minimum atomic E-state index is -2.91. The van der Waals surface area contributed by atoms with Crippen molar-refractivity contribution in [3.05, 3.63) is 23.0 Å². The number of ether oxygens (including phenoxy) is 1. The molecule has 0 atom stereocenters. The van der Waals surface area contributed by atoms with Crippen molar-refractivity contribution in [1.82, 2.24) is 29.8 Å². The van der Waals surface area contributed by atoms with E-state index in [0.717, 1.165) is 4.68 Å². The molecule has 8 nitrogen and oxygen atoms in total. The highest BCUT2D eigenvalue weighted by atomic mass is 19.3. The number of halogens is 2. The summed E-state index contributed by atoms with van der Waals surface area (Å²) in [5.74, 6) is 0.136. The van der Waals surface area contributed by atoms with E-state index in [0.29, 0.717) is 11.6 Å². The molecule has 114 valence electrons. The van der Waals surface area contributed by atoms with Crippen molar-refractivity contribution in [1.29, 1.82) is 0 Å². The van der Waals surface area contributed by atoms with Crippen LogP contribution in [0.2, 0.25) is 0 Å². The smallest absolute Gasteiger partial charge is 0.361 e. The van der Waals surface area contributed by atoms with Gasteiger partial charge in [0.2, 0.25) is 0 Å². The molecule has 2 aromatic heterocycles. The molecule has 2 rings (SSSR count). The summed E-state index contributed by atoms with van der Waals surface area (Å²) < 4.78 is 33.6. The molecule has 0 unspecified atom stereocenters. The standard InChI is InChI=1S/C11H14F2N6O2/c1-4-21-11(20)8-9(10(12)13)19(17-16-8)5-7-15-14-6(2)18(7)3/h10H,4-5H2,1-3H3. The first kappa shape index (κ1) is 15.0. The van der Waals surface area contributed by atoms with Gasteiger partial charge in [0.05, 0.1) is 6.61 Å². The summed E-state index contributed by atoms with van der Waals surface area (Å²) in [6.07, 6.45) is -2.91. The van der Waals surface area contributed by atoms with Crippen molar-refractivity contribution in [2.45, 2.75) is 26.8 Å². The second-order valence-corrected chi connectivity index (χ2v) is 4.22. The van der Waals surface area contributed by atoms with E-state index in [1.165, 1.54) is 0 Å². The maximum absolute atomic E-state index is 13.2. The molecule has 0 aromatic carbocycles. The van der Waals surface area contributed by atoms with E-state index in [9.17, 15) is 13.6 Å². The number of carbonyl (C=O) groups excluding carboxylic acids is 1. The van der Waals surface area contributed by atoms with Gasteiger partial charge in [0.1, 0.15) is 18.1 Å². The number of esters is 1. The molecule has 0 radical (unpaired) electrons. The van der Waals surface area contributed by atoms with Gasteiger partial charge in [-0.25, -0.2) is 18.3 Å². The van der Waals surface area contributed by atoms with Crippen LogP contribution in [0.4, 0.5) is 8.78 Å². The summed E-state index contributed by atoms with van der Waals surface area (Å²) in [7, 11) is 1.70. The third-order valence-electron chi connectivity index (χ3n) is 2.92. The lowest BCUT2D eigenvalue weighted by molar-refractivity contribution is 0.0506. The molecule has 2 aromatic rings. The molecule has 0 aliphatic carbocycles. The first-order valence-corrected chi connectivity index (χ1v) is 6.19. The second-order valence-electron chi connectivity index (χ2n) is 4.22. The average molecular weight is 300 g/mol. The first-order valence-electron chi connectivity index (χ1n) is 6.19. The maximum atomic E-state index is 13.2. The zero-order valence-electron chi connectivity index (χ0n) is 11.7. The Labute approximate surface area is 118 Å². The average Bonchev–Trinajstić information content (AvgIpc) is 2.98. The molecule has 0 fully saturated rings. The number of hydrogen-bond donors (Lipinski definition) is 0. The van der Waals surface area contributed by atoms with Crippen molar-refractivity contribution in [2.24, 2.45) is 7.05 Å². The fourth-order valence-corrected chi connectivity index (χ4v) is 1.72. The lowest BCUT2D eigenvalue weighted by Gasteiger charge is -2.06. The van der Waals surface area contributed by atoms with Gasteiger partial charge in [-0.15, -0.1) is 15.3 Å². The SMILES string of the molecule is CCOC(=O)c1nnn(Cc2nnc(C)n2C)c1C(F)F. The number of nitrogens with zero attached hydrogens (tertiary/aromatic N) is 6. The normalized spacial score (nSPS) is 11.1. The van der Waals surface area contributed by atoms with Gasteiger partial charge in [0.25, 0.3) is 6.43 Å². The number of hydrogen-bond acceptors (Lipinski definition) is 6. The molecule has 0 saturated carbocycles. The summed E-state index contributed by atoms with van der Waals surface area (Å²) >= 11 is 0. The van der Waals surface area contributed by atoms with Crippen LogP contribution in [0.25, 0.3) is 0 Å². The Balaban J connectivity index is 2.36. The number of aryl methyl sites for hydroxylation is 1. The number of rotatable bonds is 5. The van der Waals surface area contributed by atoms with E-state index in [1.54, 1.807) is 25.5 Å². The Morgan fingerprint density at radius 1 is 1.33 bits per heavy atom. The van der Waals surface area contributed by atoms with Gasteiger partial charge in [0.15, 0.2) is 11.5 Å². The molecule has 0 amide bonds. The highest BCUT2D eigenvalue weighted by Gasteiger charge is 2.28. The third kappa shape index (κ3) is 2.88. The Bertz CT molecular complexity index is 651. The summed E-state index contributed by atoms with van der Waals surface area (Å²) in [6, 6.07) is 0. The molecular weight excluding hydrogens is 286 g/mol. The van der Waals surface area contributed by atoms with Gasteiger partial charge in [-0.1, -0.05) is 5.21 Å². The second kappa shape index (κ2) is 5.94. The quantitative estimate of drug-likeness (QED) is 0.762. The van der Waals surface area contributed by atoms with E-state index in [4.69, 9.17) is 0 Å². The lowest BCUT2D eigenvalue weighted by atomic mass is 10.3. The molecule has 0 aliphatic heterocycles. The van der Waals surface area contributed by atoms with Crippen LogP contribution in [0, 0.1) is 6.92 Å². The van der Waals surface area contributed by atoms with Crippen LogP contribution in [0.5, 0.6) is 0 Å². The monoisotopic (exact) mass is 300 g/mol. The summed E-state index contributed by atoms with van der Waals surface area (Å²) in [6.45, 7) is 3.31. The highest BCUT2D eigenvalue weighted by molar-refractivity contribution is 5.88. The Kier molecular flexibility index (Phi) is 4.24. The Morgan fingerprint density at radius 3 is 2.57 bits per heavy atom. The van der Waals surface area contributed by atoms with Crippen LogP contribution < -0.4 is 0 Å². The fraction of sp³-hybridized carbons (Fsp3) is 0.545. The van der Waals surface area contributed by atoms with E-state index in [2.05, 4.69) is 25.2 Å². The molecule has 0 spiro atoms. The maximum Gasteiger partial charge on any atom is 0.361 e. The Morgan fingerprint density at radius 2 is 2.05 bits per heavy atom. The van der Waals surface area contributed by atoms with Crippen LogP contribution in [0.15, 0.2) is 0 Å². The molecule has 21 heavy (non-hydrogen) atoms. The molecule has 10 heteroatoms. The molecule has 0 aliphatic rings. The van der Waals surface area contributed by atoms with Crippen LogP contribution in [-0.4, -0.2) is 42.3 Å². The summed E-state index contributed by atoms with van der Waals surface area (Å²) in [4.78, 5) is 11.6. The predicted octanol–water partition coefficient (Wildman–Crippen LogP) is 0.878. The minimum Gasteiger partial charge on any atom is -0.461 e. The zero-order valence-corrected chi connectivity index (χ0v) is 11.7. The predicted molar refractivity (Wildman–Crippen MR) is 65.8 cm³/mol. The van der Waals surface area contributed by atoms with E-state index in [-0.39, 0.29) is 13.2 Å². The summed E-state index contributed by atoms with van der Waals surface area (Å²) in [5.41, 5.74) is -1.07. The van der Waals surface area contributed by atoms with E-state index >= 15 is 0 Å². The van der Waals surface area contributed by atoms with Gasteiger partial charge in [-0.05, 0) is 13.8 Å². The molecule has 0 N–H and O–H groups in total. The zero-order chi connectivity index (χ0) is 15.6. The lowest BCUT2D eigenvalue weighted by Crippen LogP contribution is -2.14. The van der Waals surface area contributed by atoms with Crippen molar-refractivity contribution < 1.29 is 18.3 Å². The van der Waals surface area contributed by atoms with Crippen molar-refractivity contribution in [3.8, 4) is 0 Å². The topological polar surface area (TPSA) is 87.7 Å². The Hall–Kier alpha value is -2.39. The highest BCUT2D eigenvalue weighted by Crippen LogP contribution is 2.22. The first-order chi connectivity index (χ1) is 9.95. The molecule has 0 bridgehead atoms. The summed E-state index contributed by atoms with van der Waals surface area (Å²) in [5, 5.41) is 14.8. The number of carbonyl (C=O) groups is 1. The van der Waals surface area contributed by atoms with Crippen LogP contribution in [0.1, 0.15) is 41.2 Å². The van der Waals surface area contributed by atoms with Gasteiger partial charge in [-0.2, -0.15) is 0 Å². The van der Waals surface area contributed by atoms with E-state index in [1.807, 2.05) is 0 Å². The number of aromatic nitrogens is 6.